The zero-order valence-corrected chi connectivity index (χ0v) is 14.5. The minimum Gasteiger partial charge on any atom is -0.486 e. The third-order valence-electron chi connectivity index (χ3n) is 4.58. The van der Waals surface area contributed by atoms with Crippen LogP contribution in [0.4, 0.5) is 13.2 Å². The Morgan fingerprint density at radius 1 is 1.08 bits per heavy atom. The zero-order chi connectivity index (χ0) is 18.9. The zero-order valence-electron chi connectivity index (χ0n) is 13.7. The molecule has 0 radical (unpaired) electrons. The van der Waals surface area contributed by atoms with Crippen molar-refractivity contribution in [3.63, 3.8) is 0 Å². The Kier molecular flexibility index (Phi) is 5.05. The molecule has 1 aromatic rings. The molecule has 0 bridgehead atoms. The summed E-state index contributed by atoms with van der Waals surface area (Å²) in [4.78, 5) is 12.0. The van der Waals surface area contributed by atoms with Gasteiger partial charge in [-0.3, -0.25) is 4.79 Å². The summed E-state index contributed by atoms with van der Waals surface area (Å²) in [5.41, 5.74) is 0. The molecule has 1 amide bonds. The average molecular weight is 393 g/mol. The monoisotopic (exact) mass is 393 g/mol. The van der Waals surface area contributed by atoms with Gasteiger partial charge in [-0.25, -0.2) is 13.1 Å². The number of alkyl halides is 3. The lowest BCUT2D eigenvalue weighted by Crippen LogP contribution is -2.44. The van der Waals surface area contributed by atoms with Crippen LogP contribution in [0.15, 0.2) is 23.1 Å². The van der Waals surface area contributed by atoms with Crippen LogP contribution >= 0.6 is 0 Å². The molecular weight excluding hydrogens is 375 g/mol. The summed E-state index contributed by atoms with van der Waals surface area (Å²) in [5.74, 6) is -3.78. The molecule has 26 heavy (non-hydrogen) atoms. The van der Waals surface area contributed by atoms with Crippen LogP contribution < -0.4 is 14.2 Å². The largest absolute Gasteiger partial charge is 0.486 e. The number of benzene rings is 1. The van der Waals surface area contributed by atoms with E-state index in [0.717, 1.165) is 0 Å². The first-order chi connectivity index (χ1) is 12.2. The molecule has 1 saturated carbocycles. The first-order valence-electron chi connectivity index (χ1n) is 8.21. The molecule has 1 aliphatic heterocycles. The van der Waals surface area contributed by atoms with E-state index >= 15 is 0 Å². The second kappa shape index (κ2) is 6.98. The lowest BCUT2D eigenvalue weighted by molar-refractivity contribution is -0.197. The first kappa shape index (κ1) is 18.8. The number of amides is 1. The summed E-state index contributed by atoms with van der Waals surface area (Å²) in [5, 5.41) is 0. The maximum absolute atomic E-state index is 13.1. The Labute approximate surface area is 148 Å². The second-order valence-electron chi connectivity index (χ2n) is 6.31. The molecule has 1 aliphatic carbocycles. The molecule has 3 rings (SSSR count). The fourth-order valence-electron chi connectivity index (χ4n) is 3.29. The minimum absolute atomic E-state index is 0.00662. The highest BCUT2D eigenvalue weighted by atomic mass is 32.2. The van der Waals surface area contributed by atoms with Gasteiger partial charge in [-0.05, 0) is 25.0 Å². The predicted octanol–water partition coefficient (Wildman–Crippen LogP) is 2.63. The molecule has 1 N–H and O–H groups in total. The molecule has 6 nitrogen and oxygen atoms in total. The summed E-state index contributed by atoms with van der Waals surface area (Å²) < 4.78 is 76.6. The Bertz CT molecular complexity index is 794. The van der Waals surface area contributed by atoms with Gasteiger partial charge in [0.15, 0.2) is 11.5 Å². The topological polar surface area (TPSA) is 81.7 Å². The van der Waals surface area contributed by atoms with Gasteiger partial charge in [-0.15, -0.1) is 0 Å². The van der Waals surface area contributed by atoms with E-state index < -0.39 is 33.9 Å². The molecule has 2 atom stereocenters. The third-order valence-corrected chi connectivity index (χ3v) is 5.93. The summed E-state index contributed by atoms with van der Waals surface area (Å²) >= 11 is 0. The van der Waals surface area contributed by atoms with Gasteiger partial charge in [0, 0.05) is 6.07 Å². The second-order valence-corrected chi connectivity index (χ2v) is 8.00. The summed E-state index contributed by atoms with van der Waals surface area (Å²) in [7, 11) is -4.31. The average Bonchev–Trinajstić information content (AvgIpc) is 2.60. The van der Waals surface area contributed by atoms with Gasteiger partial charge in [-0.2, -0.15) is 13.2 Å². The molecule has 1 fully saturated rings. The molecular formula is C16H18F3NO5S. The highest BCUT2D eigenvalue weighted by molar-refractivity contribution is 7.90. The standard InChI is InChI=1S/C16H18F3NO5S/c17-16(18,19)12-4-2-1-3-11(12)15(21)20-26(22,23)10-5-6-13-14(9-10)25-8-7-24-13/h5-6,9,11-12H,1-4,7-8H2,(H,20,21)/t11-,12-/m1/s1. The van der Waals surface area contributed by atoms with E-state index in [2.05, 4.69) is 0 Å². The molecule has 144 valence electrons. The summed E-state index contributed by atoms with van der Waals surface area (Å²) in [6.07, 6.45) is -3.89. The van der Waals surface area contributed by atoms with E-state index in [1.165, 1.54) is 18.2 Å². The molecule has 2 aliphatic rings. The van der Waals surface area contributed by atoms with Crippen LogP contribution in [-0.4, -0.2) is 33.7 Å². The van der Waals surface area contributed by atoms with E-state index in [9.17, 15) is 26.4 Å². The minimum atomic E-state index is -4.54. The van der Waals surface area contributed by atoms with Crippen LogP contribution in [0.2, 0.25) is 0 Å². The van der Waals surface area contributed by atoms with Crippen molar-refractivity contribution in [2.45, 2.75) is 36.8 Å². The third kappa shape index (κ3) is 3.89. The molecule has 0 saturated heterocycles. The SMILES string of the molecule is O=C(NS(=O)(=O)c1ccc2c(c1)OCCO2)[C@@H]1CCCC[C@H]1C(F)(F)F. The first-order valence-corrected chi connectivity index (χ1v) is 9.70. The van der Waals surface area contributed by atoms with Gasteiger partial charge in [0.1, 0.15) is 13.2 Å². The fourth-order valence-corrected chi connectivity index (χ4v) is 4.34. The Morgan fingerprint density at radius 2 is 1.73 bits per heavy atom. The van der Waals surface area contributed by atoms with Crippen molar-refractivity contribution in [3.05, 3.63) is 18.2 Å². The van der Waals surface area contributed by atoms with Crippen molar-refractivity contribution >= 4 is 15.9 Å². The Hall–Kier alpha value is -1.97. The number of halogens is 3. The van der Waals surface area contributed by atoms with Gasteiger partial charge in [0.2, 0.25) is 5.91 Å². The lowest BCUT2D eigenvalue weighted by atomic mass is 9.78. The van der Waals surface area contributed by atoms with Crippen molar-refractivity contribution in [2.24, 2.45) is 11.8 Å². The van der Waals surface area contributed by atoms with E-state index in [4.69, 9.17) is 9.47 Å². The molecule has 0 aromatic heterocycles. The van der Waals surface area contributed by atoms with Crippen LogP contribution in [0.25, 0.3) is 0 Å². The maximum atomic E-state index is 13.1. The normalized spacial score (nSPS) is 23.3. The lowest BCUT2D eigenvalue weighted by Gasteiger charge is -2.31. The van der Waals surface area contributed by atoms with Crippen molar-refractivity contribution in [2.75, 3.05) is 13.2 Å². The van der Waals surface area contributed by atoms with Crippen molar-refractivity contribution in [1.29, 1.82) is 0 Å². The number of fused-ring (bicyclic) bond motifs is 1. The summed E-state index contributed by atoms with van der Waals surface area (Å²) in [6.45, 7) is 0.578. The van der Waals surface area contributed by atoms with E-state index in [1.807, 2.05) is 0 Å². The Balaban J connectivity index is 1.79. The van der Waals surface area contributed by atoms with Crippen molar-refractivity contribution < 1.29 is 35.9 Å². The number of hydrogen-bond donors (Lipinski definition) is 1. The quantitative estimate of drug-likeness (QED) is 0.854. The van der Waals surface area contributed by atoms with E-state index in [0.29, 0.717) is 25.2 Å². The highest BCUT2D eigenvalue weighted by Gasteiger charge is 2.48. The summed E-state index contributed by atoms with van der Waals surface area (Å²) in [6, 6.07) is 3.78. The van der Waals surface area contributed by atoms with E-state index in [1.54, 1.807) is 4.72 Å². The molecule has 1 aromatic carbocycles. The molecule has 0 spiro atoms. The van der Waals surface area contributed by atoms with Gasteiger partial charge >= 0.3 is 6.18 Å². The number of nitrogens with one attached hydrogen (secondary N) is 1. The van der Waals surface area contributed by atoms with Gasteiger partial charge in [0.25, 0.3) is 10.0 Å². The molecule has 1 heterocycles. The van der Waals surface area contributed by atoms with Crippen molar-refractivity contribution in [3.8, 4) is 11.5 Å². The number of carbonyl (C=O) groups is 1. The number of rotatable bonds is 3. The number of ether oxygens (including phenoxy) is 2. The predicted molar refractivity (Wildman–Crippen MR) is 84.3 cm³/mol. The van der Waals surface area contributed by atoms with Crippen LogP contribution in [0, 0.1) is 11.8 Å². The van der Waals surface area contributed by atoms with Crippen LogP contribution in [0.1, 0.15) is 25.7 Å². The van der Waals surface area contributed by atoms with Crippen LogP contribution in [0.5, 0.6) is 11.5 Å². The molecule has 10 heteroatoms. The van der Waals surface area contributed by atoms with Crippen LogP contribution in [0.3, 0.4) is 0 Å². The Morgan fingerprint density at radius 3 is 2.42 bits per heavy atom. The maximum Gasteiger partial charge on any atom is 0.392 e. The van der Waals surface area contributed by atoms with E-state index in [-0.39, 0.29) is 30.1 Å². The van der Waals surface area contributed by atoms with Gasteiger partial charge in [-0.1, -0.05) is 12.8 Å². The van der Waals surface area contributed by atoms with Gasteiger partial charge < -0.3 is 9.47 Å². The van der Waals surface area contributed by atoms with Crippen LogP contribution in [-0.2, 0) is 14.8 Å². The molecule has 0 unspecified atom stereocenters. The number of carbonyl (C=O) groups excluding carboxylic acids is 1. The number of hydrogen-bond acceptors (Lipinski definition) is 5. The highest BCUT2D eigenvalue weighted by Crippen LogP contribution is 2.41. The number of sulfonamides is 1. The fraction of sp³-hybridized carbons (Fsp3) is 0.562. The smallest absolute Gasteiger partial charge is 0.392 e. The van der Waals surface area contributed by atoms with Crippen molar-refractivity contribution in [1.82, 2.24) is 4.72 Å². The van der Waals surface area contributed by atoms with Gasteiger partial charge in [0.05, 0.1) is 16.7 Å².